The summed E-state index contributed by atoms with van der Waals surface area (Å²) < 4.78 is 0. The molecule has 0 saturated carbocycles. The van der Waals surface area contributed by atoms with Gasteiger partial charge in [-0.25, -0.2) is 9.97 Å². The van der Waals surface area contributed by atoms with Gasteiger partial charge < -0.3 is 0 Å². The van der Waals surface area contributed by atoms with Gasteiger partial charge in [-0.2, -0.15) is 0 Å². The van der Waals surface area contributed by atoms with Crippen LogP contribution in [0, 0.1) is 6.92 Å². The maximum atomic E-state index is 4.59. The number of hydrogen-bond donors (Lipinski definition) is 0. The molecule has 0 atom stereocenters. The lowest BCUT2D eigenvalue weighted by molar-refractivity contribution is 0.580. The Morgan fingerprint density at radius 3 is 2.35 bits per heavy atom. The third-order valence-corrected chi connectivity index (χ3v) is 2.97. The smallest absolute Gasteiger partial charge is 0.125 e. The molecule has 0 radical (unpaired) electrons. The Balaban J connectivity index is 3.51. The van der Waals surface area contributed by atoms with Crippen LogP contribution in [0.25, 0.3) is 5.57 Å². The molecule has 0 aliphatic rings. The normalized spacial score (nSPS) is 13.3. The number of aromatic nitrogens is 2. The van der Waals surface area contributed by atoms with Gasteiger partial charge in [0.2, 0.25) is 0 Å². The fourth-order valence-electron chi connectivity index (χ4n) is 1.64. The third-order valence-electron chi connectivity index (χ3n) is 2.97. The Morgan fingerprint density at radius 2 is 1.88 bits per heavy atom. The number of aryl methyl sites for hydroxylation is 1. The van der Waals surface area contributed by atoms with E-state index in [0.717, 1.165) is 17.1 Å². The molecule has 2 nitrogen and oxygen atoms in total. The average Bonchev–Trinajstić information content (AvgIpc) is 2.25. The van der Waals surface area contributed by atoms with Gasteiger partial charge in [-0.05, 0) is 37.3 Å². The Labute approximate surface area is 105 Å². The Hall–Kier alpha value is -1.44. The van der Waals surface area contributed by atoms with Crippen molar-refractivity contribution in [1.29, 1.82) is 0 Å². The zero-order chi connectivity index (χ0) is 13.2. The van der Waals surface area contributed by atoms with Crippen LogP contribution in [-0.2, 0) is 5.41 Å². The quantitative estimate of drug-likeness (QED) is 0.716. The molecule has 0 spiro atoms. The molecule has 0 unspecified atom stereocenters. The first-order chi connectivity index (χ1) is 7.77. The van der Waals surface area contributed by atoms with E-state index >= 15 is 0 Å². The van der Waals surface area contributed by atoms with Crippen LogP contribution in [0.5, 0.6) is 0 Å². The molecule has 1 aromatic heterocycles. The van der Waals surface area contributed by atoms with Crippen molar-refractivity contribution in [3.05, 3.63) is 41.5 Å². The monoisotopic (exact) mass is 230 g/mol. The first-order valence-corrected chi connectivity index (χ1v) is 5.91. The van der Waals surface area contributed by atoms with E-state index in [1.54, 1.807) is 0 Å². The summed E-state index contributed by atoms with van der Waals surface area (Å²) in [6.07, 6.45) is 3.82. The van der Waals surface area contributed by atoms with E-state index in [-0.39, 0.29) is 5.41 Å². The first-order valence-electron chi connectivity index (χ1n) is 5.91. The molecule has 0 fully saturated rings. The highest BCUT2D eigenvalue weighted by atomic mass is 14.9. The minimum atomic E-state index is 0.0474. The molecule has 0 aromatic carbocycles. The van der Waals surface area contributed by atoms with E-state index in [4.69, 9.17) is 0 Å². The maximum absolute atomic E-state index is 4.59. The van der Waals surface area contributed by atoms with Crippen molar-refractivity contribution in [3.63, 3.8) is 0 Å². The van der Waals surface area contributed by atoms with Crippen LogP contribution in [0.15, 0.2) is 24.4 Å². The molecule has 0 N–H and O–H groups in total. The third kappa shape index (κ3) is 3.02. The summed E-state index contributed by atoms with van der Waals surface area (Å²) in [5.74, 6) is 0.809. The summed E-state index contributed by atoms with van der Waals surface area (Å²) in [6.45, 7) is 16.4. The standard InChI is InChI=1S/C15H22N2/c1-8-10(2)11(3)14-13(15(5,6)7)9-16-12(4)17-14/h8-9H,1H2,2-7H3/b11-10+. The SMILES string of the molecule is C=C/C(C)=C(\C)c1nc(C)ncc1C(C)(C)C. The second-order valence-corrected chi connectivity index (χ2v) is 5.44. The van der Waals surface area contributed by atoms with Gasteiger partial charge in [0.15, 0.2) is 0 Å². The second-order valence-electron chi connectivity index (χ2n) is 5.44. The summed E-state index contributed by atoms with van der Waals surface area (Å²) >= 11 is 0. The molecule has 2 heteroatoms. The van der Waals surface area contributed by atoms with E-state index in [2.05, 4.69) is 51.2 Å². The van der Waals surface area contributed by atoms with E-state index < -0.39 is 0 Å². The van der Waals surface area contributed by atoms with Crippen molar-refractivity contribution in [1.82, 2.24) is 9.97 Å². The van der Waals surface area contributed by atoms with Gasteiger partial charge in [-0.1, -0.05) is 33.4 Å². The second kappa shape index (κ2) is 4.82. The summed E-state index contributed by atoms with van der Waals surface area (Å²) in [7, 11) is 0. The maximum Gasteiger partial charge on any atom is 0.125 e. The van der Waals surface area contributed by atoms with Crippen molar-refractivity contribution >= 4 is 5.57 Å². The molecular formula is C15H22N2. The lowest BCUT2D eigenvalue weighted by atomic mass is 9.84. The van der Waals surface area contributed by atoms with Crippen LogP contribution >= 0.6 is 0 Å². The van der Waals surface area contributed by atoms with Crippen molar-refractivity contribution in [2.24, 2.45) is 0 Å². The van der Waals surface area contributed by atoms with Crippen LogP contribution in [0.4, 0.5) is 0 Å². The minimum Gasteiger partial charge on any atom is -0.241 e. The van der Waals surface area contributed by atoms with E-state index in [0.29, 0.717) is 0 Å². The van der Waals surface area contributed by atoms with Crippen LogP contribution in [0.3, 0.4) is 0 Å². The predicted molar refractivity (Wildman–Crippen MR) is 73.9 cm³/mol. The summed E-state index contributed by atoms with van der Waals surface area (Å²) in [5, 5.41) is 0. The molecule has 0 bridgehead atoms. The molecule has 0 saturated heterocycles. The zero-order valence-electron chi connectivity index (χ0n) is 11.8. The fourth-order valence-corrected chi connectivity index (χ4v) is 1.64. The molecule has 1 rings (SSSR count). The van der Waals surface area contributed by atoms with Crippen molar-refractivity contribution in [2.45, 2.75) is 47.0 Å². The molecule has 1 aromatic rings. The van der Waals surface area contributed by atoms with Crippen LogP contribution in [0.2, 0.25) is 0 Å². The van der Waals surface area contributed by atoms with Gasteiger partial charge in [0.05, 0.1) is 5.69 Å². The predicted octanol–water partition coefficient (Wildman–Crippen LogP) is 4.06. The number of allylic oxidation sites excluding steroid dienone is 3. The molecule has 0 aliphatic heterocycles. The molecule has 17 heavy (non-hydrogen) atoms. The largest absolute Gasteiger partial charge is 0.241 e. The Bertz CT molecular complexity index is 462. The van der Waals surface area contributed by atoms with E-state index in [9.17, 15) is 0 Å². The van der Waals surface area contributed by atoms with Gasteiger partial charge in [0.25, 0.3) is 0 Å². The summed E-state index contributed by atoms with van der Waals surface area (Å²) in [6, 6.07) is 0. The highest BCUT2D eigenvalue weighted by Gasteiger charge is 2.20. The zero-order valence-corrected chi connectivity index (χ0v) is 11.8. The number of nitrogens with zero attached hydrogens (tertiary/aromatic N) is 2. The lowest BCUT2D eigenvalue weighted by Gasteiger charge is -2.22. The molecule has 0 aliphatic carbocycles. The molecular weight excluding hydrogens is 208 g/mol. The topological polar surface area (TPSA) is 25.8 Å². The van der Waals surface area contributed by atoms with Crippen molar-refractivity contribution < 1.29 is 0 Å². The van der Waals surface area contributed by atoms with Crippen molar-refractivity contribution in [2.75, 3.05) is 0 Å². The highest BCUT2D eigenvalue weighted by molar-refractivity contribution is 5.68. The van der Waals surface area contributed by atoms with Gasteiger partial charge >= 0.3 is 0 Å². The average molecular weight is 230 g/mol. The van der Waals surface area contributed by atoms with E-state index in [1.165, 1.54) is 11.1 Å². The minimum absolute atomic E-state index is 0.0474. The van der Waals surface area contributed by atoms with Crippen molar-refractivity contribution in [3.8, 4) is 0 Å². The lowest BCUT2D eigenvalue weighted by Crippen LogP contribution is -2.16. The van der Waals surface area contributed by atoms with Crippen LogP contribution < -0.4 is 0 Å². The van der Waals surface area contributed by atoms with Crippen LogP contribution in [-0.4, -0.2) is 9.97 Å². The van der Waals surface area contributed by atoms with Gasteiger partial charge in [-0.3, -0.25) is 0 Å². The van der Waals surface area contributed by atoms with Gasteiger partial charge in [0.1, 0.15) is 5.82 Å². The molecule has 1 heterocycles. The fraction of sp³-hybridized carbons (Fsp3) is 0.467. The van der Waals surface area contributed by atoms with E-state index in [1.807, 2.05) is 19.2 Å². The summed E-state index contributed by atoms with van der Waals surface area (Å²) in [4.78, 5) is 8.91. The highest BCUT2D eigenvalue weighted by Crippen LogP contribution is 2.29. The summed E-state index contributed by atoms with van der Waals surface area (Å²) in [5.41, 5.74) is 4.61. The number of rotatable bonds is 2. The Morgan fingerprint density at radius 1 is 1.29 bits per heavy atom. The first kappa shape index (κ1) is 13.6. The molecule has 92 valence electrons. The molecule has 0 amide bonds. The Kier molecular flexibility index (Phi) is 3.87. The van der Waals surface area contributed by atoms with Gasteiger partial charge in [0, 0.05) is 11.8 Å². The van der Waals surface area contributed by atoms with Gasteiger partial charge in [-0.15, -0.1) is 0 Å². The van der Waals surface area contributed by atoms with Crippen LogP contribution in [0.1, 0.15) is 51.7 Å². The number of hydrogen-bond acceptors (Lipinski definition) is 2.